The van der Waals surface area contributed by atoms with Gasteiger partial charge in [-0.3, -0.25) is 0 Å². The van der Waals surface area contributed by atoms with Crippen LogP contribution in [0.4, 0.5) is 0 Å². The highest BCUT2D eigenvalue weighted by Crippen LogP contribution is 2.51. The zero-order valence-corrected chi connectivity index (χ0v) is 34.6. The van der Waals surface area contributed by atoms with Gasteiger partial charge in [-0.1, -0.05) is 159 Å². The molecule has 0 amide bonds. The van der Waals surface area contributed by atoms with Crippen molar-refractivity contribution < 1.29 is 0 Å². The van der Waals surface area contributed by atoms with Crippen molar-refractivity contribution in [1.29, 1.82) is 0 Å². The predicted molar refractivity (Wildman–Crippen MR) is 255 cm³/mol. The van der Waals surface area contributed by atoms with Gasteiger partial charge >= 0.3 is 0 Å². The SMILES string of the molecule is Cn1c(-c2ccccc2)nc2ccc(-c3cccc4c(-c5ccc6c(c5)-c5ccccc5C6(C)C)c5cccc(-c6ccc7nc(-c8ccccc8)n(C)c7c6)c5cc34)cc21. The summed E-state index contributed by atoms with van der Waals surface area (Å²) in [6, 6.07) is 66.6. The summed E-state index contributed by atoms with van der Waals surface area (Å²) >= 11 is 0. The molecule has 4 heteroatoms. The van der Waals surface area contributed by atoms with Crippen molar-refractivity contribution >= 4 is 43.6 Å². The summed E-state index contributed by atoms with van der Waals surface area (Å²) < 4.78 is 4.44. The Morgan fingerprint density at radius 2 is 0.836 bits per heavy atom. The fourth-order valence-electron chi connectivity index (χ4n) is 10.3. The van der Waals surface area contributed by atoms with Crippen molar-refractivity contribution in [2.75, 3.05) is 0 Å². The number of fused-ring (bicyclic) bond motifs is 7. The maximum Gasteiger partial charge on any atom is 0.140 e. The number of benzene rings is 9. The second kappa shape index (κ2) is 13.2. The first-order valence-corrected chi connectivity index (χ1v) is 21.1. The van der Waals surface area contributed by atoms with Crippen LogP contribution >= 0.6 is 0 Å². The Kier molecular flexibility index (Phi) is 7.67. The van der Waals surface area contributed by atoms with Gasteiger partial charge in [-0.2, -0.15) is 0 Å². The normalized spacial score (nSPS) is 13.0. The fraction of sp³-hybridized carbons (Fsp3) is 0.0877. The van der Waals surface area contributed by atoms with Gasteiger partial charge in [-0.15, -0.1) is 0 Å². The van der Waals surface area contributed by atoms with Crippen LogP contribution in [0.3, 0.4) is 0 Å². The largest absolute Gasteiger partial charge is 0.327 e. The highest BCUT2D eigenvalue weighted by atomic mass is 15.1. The maximum atomic E-state index is 5.08. The lowest BCUT2D eigenvalue weighted by molar-refractivity contribution is 0.660. The average molecular weight is 783 g/mol. The lowest BCUT2D eigenvalue weighted by Crippen LogP contribution is -2.14. The summed E-state index contributed by atoms with van der Waals surface area (Å²) in [4.78, 5) is 10.2. The van der Waals surface area contributed by atoms with Gasteiger partial charge in [0.05, 0.1) is 22.1 Å². The molecule has 0 N–H and O–H groups in total. The number of rotatable bonds is 5. The Hall–Kier alpha value is -7.56. The smallest absolute Gasteiger partial charge is 0.140 e. The van der Waals surface area contributed by atoms with Gasteiger partial charge in [0, 0.05) is 30.6 Å². The van der Waals surface area contributed by atoms with Gasteiger partial charge in [-0.05, 0) is 114 Å². The molecule has 9 aromatic carbocycles. The molecule has 0 saturated carbocycles. The molecule has 2 heterocycles. The van der Waals surface area contributed by atoms with E-state index in [1.54, 1.807) is 0 Å². The summed E-state index contributed by atoms with van der Waals surface area (Å²) in [5, 5.41) is 4.91. The number of nitrogens with zero attached hydrogens (tertiary/aromatic N) is 4. The topological polar surface area (TPSA) is 35.6 Å². The highest BCUT2D eigenvalue weighted by Gasteiger charge is 2.35. The van der Waals surface area contributed by atoms with Crippen molar-refractivity contribution in [3.8, 4) is 67.3 Å². The summed E-state index contributed by atoms with van der Waals surface area (Å²) in [6.07, 6.45) is 0. The number of aromatic nitrogens is 4. The molecule has 0 bridgehead atoms. The lowest BCUT2D eigenvalue weighted by atomic mass is 9.81. The second-order valence-corrected chi connectivity index (χ2v) is 17.1. The van der Waals surface area contributed by atoms with Gasteiger partial charge in [0.2, 0.25) is 0 Å². The minimum Gasteiger partial charge on any atom is -0.327 e. The summed E-state index contributed by atoms with van der Waals surface area (Å²) in [5.41, 5.74) is 18.9. The van der Waals surface area contributed by atoms with E-state index in [2.05, 4.69) is 219 Å². The number of hydrogen-bond donors (Lipinski definition) is 0. The summed E-state index contributed by atoms with van der Waals surface area (Å²) in [6.45, 7) is 4.71. The second-order valence-electron chi connectivity index (χ2n) is 17.1. The van der Waals surface area contributed by atoms with Crippen molar-refractivity contribution in [2.24, 2.45) is 14.1 Å². The molecule has 1 aliphatic carbocycles. The third-order valence-corrected chi connectivity index (χ3v) is 13.4. The molecular weight excluding hydrogens is 741 g/mol. The lowest BCUT2D eigenvalue weighted by Gasteiger charge is -2.22. The molecule has 0 spiro atoms. The van der Waals surface area contributed by atoms with Crippen LogP contribution in [-0.2, 0) is 19.5 Å². The third kappa shape index (κ3) is 5.31. The molecule has 0 atom stereocenters. The first kappa shape index (κ1) is 35.4. The molecule has 0 saturated heterocycles. The van der Waals surface area contributed by atoms with E-state index in [1.165, 1.54) is 66.1 Å². The van der Waals surface area contributed by atoms with E-state index in [0.717, 1.165) is 56.0 Å². The Morgan fingerprint density at radius 3 is 1.39 bits per heavy atom. The quantitative estimate of drug-likeness (QED) is 0.163. The van der Waals surface area contributed by atoms with Gasteiger partial charge in [0.1, 0.15) is 11.6 Å². The van der Waals surface area contributed by atoms with Crippen molar-refractivity contribution in [1.82, 2.24) is 19.1 Å². The van der Waals surface area contributed by atoms with Gasteiger partial charge in [-0.25, -0.2) is 9.97 Å². The van der Waals surface area contributed by atoms with E-state index in [1.807, 2.05) is 0 Å². The van der Waals surface area contributed by atoms with Gasteiger partial charge in [0.15, 0.2) is 0 Å². The van der Waals surface area contributed by atoms with Crippen molar-refractivity contribution in [3.63, 3.8) is 0 Å². The number of aryl methyl sites for hydroxylation is 2. The van der Waals surface area contributed by atoms with Gasteiger partial charge < -0.3 is 9.13 Å². The van der Waals surface area contributed by atoms with Gasteiger partial charge in [0.25, 0.3) is 0 Å². The molecule has 2 aromatic heterocycles. The van der Waals surface area contributed by atoms with Crippen LogP contribution in [0.15, 0.2) is 182 Å². The summed E-state index contributed by atoms with van der Waals surface area (Å²) in [5.74, 6) is 1.93. The molecule has 0 fully saturated rings. The molecule has 12 rings (SSSR count). The number of hydrogen-bond acceptors (Lipinski definition) is 2. The molecule has 0 radical (unpaired) electrons. The van der Waals surface area contributed by atoms with Crippen LogP contribution in [0.2, 0.25) is 0 Å². The first-order valence-electron chi connectivity index (χ1n) is 21.1. The van der Waals surface area contributed by atoms with Crippen LogP contribution in [0, 0.1) is 0 Å². The van der Waals surface area contributed by atoms with Crippen LogP contribution < -0.4 is 0 Å². The molecule has 4 nitrogen and oxygen atoms in total. The minimum absolute atomic E-state index is 0.0682. The van der Waals surface area contributed by atoms with Crippen LogP contribution in [0.25, 0.3) is 111 Å². The average Bonchev–Trinajstić information content (AvgIpc) is 3.90. The minimum atomic E-state index is -0.0682. The third-order valence-electron chi connectivity index (χ3n) is 13.4. The van der Waals surface area contributed by atoms with Crippen LogP contribution in [-0.4, -0.2) is 19.1 Å². The van der Waals surface area contributed by atoms with E-state index >= 15 is 0 Å². The standard InChI is InChI=1S/C57H42N4/c1-57(2)48-24-12-11-19-42(48)47-31-39(25-28-49(47)57)54-43-22-13-20-40(37-26-29-50-52(32-37)60(3)55(58-50)35-15-7-5-8-16-35)45(43)34-46-41(21-14-23-44(46)54)38-27-30-51-53(33-38)61(4)56(59-51)36-17-9-6-10-18-36/h5-34H,1-4H3. The fourth-order valence-corrected chi connectivity index (χ4v) is 10.3. The first-order chi connectivity index (χ1) is 29.8. The molecular formula is C57H42N4. The van der Waals surface area contributed by atoms with E-state index in [0.29, 0.717) is 0 Å². The highest BCUT2D eigenvalue weighted by molar-refractivity contribution is 6.19. The molecule has 11 aromatic rings. The van der Waals surface area contributed by atoms with E-state index in [-0.39, 0.29) is 5.41 Å². The Bertz CT molecular complexity index is 3390. The predicted octanol–water partition coefficient (Wildman–Crippen LogP) is 14.4. The van der Waals surface area contributed by atoms with E-state index in [4.69, 9.17) is 9.97 Å². The van der Waals surface area contributed by atoms with Crippen LogP contribution in [0.5, 0.6) is 0 Å². The molecule has 61 heavy (non-hydrogen) atoms. The number of imidazole rings is 2. The zero-order valence-electron chi connectivity index (χ0n) is 34.6. The Labute approximate surface area is 355 Å². The monoisotopic (exact) mass is 782 g/mol. The maximum absolute atomic E-state index is 5.08. The Balaban J connectivity index is 1.11. The zero-order chi connectivity index (χ0) is 41.0. The van der Waals surface area contributed by atoms with E-state index < -0.39 is 0 Å². The van der Waals surface area contributed by atoms with Crippen molar-refractivity contribution in [2.45, 2.75) is 19.3 Å². The summed E-state index contributed by atoms with van der Waals surface area (Å²) in [7, 11) is 4.25. The van der Waals surface area contributed by atoms with E-state index in [9.17, 15) is 0 Å². The molecule has 0 unspecified atom stereocenters. The van der Waals surface area contributed by atoms with Crippen molar-refractivity contribution in [3.05, 3.63) is 193 Å². The Morgan fingerprint density at radius 1 is 0.361 bits per heavy atom. The molecule has 290 valence electrons. The molecule has 0 aliphatic heterocycles. The molecule has 1 aliphatic rings. The van der Waals surface area contributed by atoms with Crippen LogP contribution in [0.1, 0.15) is 25.0 Å².